The van der Waals surface area contributed by atoms with Crippen molar-refractivity contribution in [3.63, 3.8) is 0 Å². The molecular formula is C28H33BrN2O4S. The molecule has 0 aliphatic rings. The first-order chi connectivity index (χ1) is 17.2. The lowest BCUT2D eigenvalue weighted by atomic mass is 10.1. The van der Waals surface area contributed by atoms with Crippen LogP contribution in [0.15, 0.2) is 59.1 Å². The van der Waals surface area contributed by atoms with E-state index in [4.69, 9.17) is 9.47 Å². The predicted octanol–water partition coefficient (Wildman–Crippen LogP) is 5.96. The number of hydrogen-bond donors (Lipinski definition) is 0. The maximum Gasteiger partial charge on any atom is 0.254 e. The Labute approximate surface area is 226 Å². The highest BCUT2D eigenvalue weighted by molar-refractivity contribution is 9.10. The lowest BCUT2D eigenvalue weighted by molar-refractivity contribution is -0.132. The van der Waals surface area contributed by atoms with Gasteiger partial charge >= 0.3 is 0 Å². The van der Waals surface area contributed by atoms with Crippen LogP contribution in [0.4, 0.5) is 0 Å². The number of carbonyl (C=O) groups is 2. The van der Waals surface area contributed by atoms with E-state index < -0.39 is 0 Å². The number of carbonyl (C=O) groups excluding carboxylic acids is 2. The molecule has 8 heteroatoms. The Morgan fingerprint density at radius 3 is 2.36 bits per heavy atom. The third kappa shape index (κ3) is 7.34. The number of benzene rings is 2. The third-order valence-corrected chi connectivity index (χ3v) is 7.35. The zero-order chi connectivity index (χ0) is 26.2. The number of thiophene rings is 1. The van der Waals surface area contributed by atoms with E-state index in [0.29, 0.717) is 36.6 Å². The van der Waals surface area contributed by atoms with Crippen LogP contribution in [0.5, 0.6) is 11.5 Å². The van der Waals surface area contributed by atoms with Crippen LogP contribution < -0.4 is 9.47 Å². The molecule has 0 spiro atoms. The molecule has 0 unspecified atom stereocenters. The van der Waals surface area contributed by atoms with Gasteiger partial charge in [0.25, 0.3) is 5.91 Å². The molecule has 0 radical (unpaired) electrons. The molecule has 0 atom stereocenters. The van der Waals surface area contributed by atoms with Gasteiger partial charge in [0.2, 0.25) is 5.91 Å². The van der Waals surface area contributed by atoms with Gasteiger partial charge in [0.1, 0.15) is 6.54 Å². The molecular weight excluding hydrogens is 540 g/mol. The zero-order valence-electron chi connectivity index (χ0n) is 21.4. The summed E-state index contributed by atoms with van der Waals surface area (Å²) in [5.74, 6) is 1.08. The van der Waals surface area contributed by atoms with Crippen molar-refractivity contribution < 1.29 is 19.1 Å². The van der Waals surface area contributed by atoms with E-state index in [1.807, 2.05) is 49.1 Å². The number of hydrogen-bond acceptors (Lipinski definition) is 5. The fourth-order valence-electron chi connectivity index (χ4n) is 3.87. The van der Waals surface area contributed by atoms with Gasteiger partial charge in [0, 0.05) is 32.4 Å². The molecule has 1 heterocycles. The molecule has 36 heavy (non-hydrogen) atoms. The van der Waals surface area contributed by atoms with E-state index in [2.05, 4.69) is 35.0 Å². The molecule has 3 aromatic rings. The van der Waals surface area contributed by atoms with Crippen LogP contribution in [0, 0.1) is 6.92 Å². The SMILES string of the molecule is COc1ccc(CCN(Cc2ccc(C)s2)C(=O)CN(C(=O)c2cccc(Br)c2)C(C)C)cc1OC. The molecule has 0 saturated heterocycles. The van der Waals surface area contributed by atoms with Crippen molar-refractivity contribution in [3.05, 3.63) is 80.0 Å². The van der Waals surface area contributed by atoms with Crippen molar-refractivity contribution in [2.24, 2.45) is 0 Å². The van der Waals surface area contributed by atoms with Gasteiger partial charge < -0.3 is 19.3 Å². The van der Waals surface area contributed by atoms with Gasteiger partial charge in [-0.05, 0) is 75.2 Å². The average molecular weight is 574 g/mol. The standard InChI is InChI=1S/C28H33BrN2O4S/c1-19(2)31(28(33)22-7-6-8-23(29)16-22)18-27(32)30(17-24-11-9-20(3)36-24)14-13-21-10-12-25(34-4)26(15-21)35-5/h6-12,15-16,19H,13-14,17-18H2,1-5H3. The van der Waals surface area contributed by atoms with Gasteiger partial charge in [-0.3, -0.25) is 9.59 Å². The Morgan fingerprint density at radius 2 is 1.75 bits per heavy atom. The molecule has 6 nitrogen and oxygen atoms in total. The van der Waals surface area contributed by atoms with Crippen molar-refractivity contribution in [1.29, 1.82) is 0 Å². The highest BCUT2D eigenvalue weighted by Gasteiger charge is 2.25. The second kappa shape index (κ2) is 12.9. The normalized spacial score (nSPS) is 10.9. The minimum Gasteiger partial charge on any atom is -0.493 e. The van der Waals surface area contributed by atoms with E-state index >= 15 is 0 Å². The van der Waals surface area contributed by atoms with Crippen LogP contribution >= 0.6 is 27.3 Å². The third-order valence-electron chi connectivity index (χ3n) is 5.88. The number of amides is 2. The smallest absolute Gasteiger partial charge is 0.254 e. The molecule has 0 bridgehead atoms. The van der Waals surface area contributed by atoms with Gasteiger partial charge in [-0.15, -0.1) is 11.3 Å². The maximum absolute atomic E-state index is 13.6. The molecule has 192 valence electrons. The molecule has 2 aromatic carbocycles. The Hall–Kier alpha value is -2.84. The Balaban J connectivity index is 1.79. The molecule has 0 aliphatic heterocycles. The van der Waals surface area contributed by atoms with Crippen LogP contribution in [0.3, 0.4) is 0 Å². The van der Waals surface area contributed by atoms with E-state index in [9.17, 15) is 9.59 Å². The van der Waals surface area contributed by atoms with Crippen molar-refractivity contribution in [3.8, 4) is 11.5 Å². The number of rotatable bonds is 11. The monoisotopic (exact) mass is 572 g/mol. The summed E-state index contributed by atoms with van der Waals surface area (Å²) in [6.45, 7) is 6.95. The molecule has 0 fully saturated rings. The van der Waals surface area contributed by atoms with Crippen LogP contribution in [0.25, 0.3) is 0 Å². The minimum atomic E-state index is -0.161. The molecule has 0 N–H and O–H groups in total. The number of ether oxygens (including phenoxy) is 2. The van der Waals surface area contributed by atoms with Gasteiger partial charge in [-0.2, -0.15) is 0 Å². The largest absolute Gasteiger partial charge is 0.493 e. The summed E-state index contributed by atoms with van der Waals surface area (Å²) >= 11 is 5.11. The molecule has 3 rings (SSSR count). The molecule has 0 saturated carbocycles. The topological polar surface area (TPSA) is 59.1 Å². The summed E-state index contributed by atoms with van der Waals surface area (Å²) < 4.78 is 11.6. The number of aryl methyl sites for hydroxylation is 1. The summed E-state index contributed by atoms with van der Waals surface area (Å²) in [6.07, 6.45) is 0.651. The number of nitrogens with zero attached hydrogens (tertiary/aromatic N) is 2. The first-order valence-corrected chi connectivity index (χ1v) is 13.4. The fraction of sp³-hybridized carbons (Fsp3) is 0.357. The summed E-state index contributed by atoms with van der Waals surface area (Å²) in [4.78, 5) is 32.7. The van der Waals surface area contributed by atoms with E-state index in [0.717, 1.165) is 14.9 Å². The van der Waals surface area contributed by atoms with Gasteiger partial charge in [-0.25, -0.2) is 0 Å². The second-order valence-electron chi connectivity index (χ2n) is 8.80. The number of methoxy groups -OCH3 is 2. The summed E-state index contributed by atoms with van der Waals surface area (Å²) in [5.41, 5.74) is 1.59. The first kappa shape index (κ1) is 27.7. The van der Waals surface area contributed by atoms with Crippen LogP contribution in [0.2, 0.25) is 0 Å². The van der Waals surface area contributed by atoms with Gasteiger partial charge in [0.15, 0.2) is 11.5 Å². The van der Waals surface area contributed by atoms with E-state index in [-0.39, 0.29) is 24.4 Å². The van der Waals surface area contributed by atoms with E-state index in [1.54, 1.807) is 42.6 Å². The lowest BCUT2D eigenvalue weighted by Gasteiger charge is -2.30. The highest BCUT2D eigenvalue weighted by Crippen LogP contribution is 2.28. The predicted molar refractivity (Wildman–Crippen MR) is 148 cm³/mol. The van der Waals surface area contributed by atoms with Crippen LogP contribution in [-0.4, -0.2) is 55.0 Å². The average Bonchev–Trinajstić information content (AvgIpc) is 3.28. The highest BCUT2D eigenvalue weighted by atomic mass is 79.9. The Kier molecular flexibility index (Phi) is 9.96. The Morgan fingerprint density at radius 1 is 1.00 bits per heavy atom. The van der Waals surface area contributed by atoms with Crippen LogP contribution in [-0.2, 0) is 17.8 Å². The molecule has 1 aromatic heterocycles. The summed E-state index contributed by atoms with van der Waals surface area (Å²) in [6, 6.07) is 17.0. The summed E-state index contributed by atoms with van der Waals surface area (Å²) in [7, 11) is 3.22. The van der Waals surface area contributed by atoms with E-state index in [1.165, 1.54) is 4.88 Å². The zero-order valence-corrected chi connectivity index (χ0v) is 23.8. The van der Waals surface area contributed by atoms with Crippen molar-refractivity contribution in [1.82, 2.24) is 9.80 Å². The number of halogens is 1. The fourth-order valence-corrected chi connectivity index (χ4v) is 5.18. The molecule has 2 amide bonds. The van der Waals surface area contributed by atoms with Gasteiger partial charge in [-0.1, -0.05) is 28.1 Å². The van der Waals surface area contributed by atoms with Crippen LogP contribution in [0.1, 0.15) is 39.5 Å². The lowest BCUT2D eigenvalue weighted by Crippen LogP contribution is -2.46. The first-order valence-electron chi connectivity index (χ1n) is 11.8. The van der Waals surface area contributed by atoms with Crippen molar-refractivity contribution >= 4 is 39.1 Å². The van der Waals surface area contributed by atoms with Crippen molar-refractivity contribution in [2.45, 2.75) is 39.8 Å². The quantitative estimate of drug-likeness (QED) is 0.284. The van der Waals surface area contributed by atoms with Gasteiger partial charge in [0.05, 0.1) is 20.8 Å². The Bertz CT molecular complexity index is 1190. The second-order valence-corrected chi connectivity index (χ2v) is 11.1. The minimum absolute atomic E-state index is 0.0132. The molecule has 0 aliphatic carbocycles. The summed E-state index contributed by atoms with van der Waals surface area (Å²) in [5, 5.41) is 0. The van der Waals surface area contributed by atoms with Crippen molar-refractivity contribution in [2.75, 3.05) is 27.3 Å². The maximum atomic E-state index is 13.6.